The number of nitrogens with one attached hydrogen (secondary N) is 1. The van der Waals surface area contributed by atoms with Crippen LogP contribution in [0, 0.1) is 0 Å². The third-order valence-corrected chi connectivity index (χ3v) is 6.31. The first-order valence-corrected chi connectivity index (χ1v) is 10.5. The molecule has 1 aromatic heterocycles. The van der Waals surface area contributed by atoms with Gasteiger partial charge in [0.2, 0.25) is 10.0 Å². The second-order valence-electron chi connectivity index (χ2n) is 5.90. The number of hydrogen-bond donors (Lipinski definition) is 1. The van der Waals surface area contributed by atoms with Crippen molar-refractivity contribution in [2.24, 2.45) is 0 Å². The number of ether oxygens (including phenoxy) is 2. The Hall–Kier alpha value is -2.20. The molecule has 1 aromatic carbocycles. The van der Waals surface area contributed by atoms with Crippen LogP contribution in [0.1, 0.15) is 17.3 Å². The lowest BCUT2D eigenvalue weighted by molar-refractivity contribution is 0.0730. The van der Waals surface area contributed by atoms with Gasteiger partial charge in [-0.2, -0.15) is 4.31 Å². The van der Waals surface area contributed by atoms with Gasteiger partial charge in [-0.3, -0.25) is 4.79 Å². The number of hydrogen-bond acceptors (Lipinski definition) is 6. The van der Waals surface area contributed by atoms with Gasteiger partial charge in [0.1, 0.15) is 10.9 Å². The van der Waals surface area contributed by atoms with Crippen LogP contribution in [0.2, 0.25) is 5.15 Å². The van der Waals surface area contributed by atoms with Gasteiger partial charge >= 0.3 is 0 Å². The normalized spacial score (nSPS) is 15.2. The van der Waals surface area contributed by atoms with Crippen molar-refractivity contribution in [2.75, 3.05) is 38.2 Å². The van der Waals surface area contributed by atoms with E-state index in [1.54, 1.807) is 13.0 Å². The van der Waals surface area contributed by atoms with Gasteiger partial charge in [0, 0.05) is 19.3 Å². The molecule has 1 aliphatic rings. The first-order valence-electron chi connectivity index (χ1n) is 8.70. The highest BCUT2D eigenvalue weighted by Gasteiger charge is 2.27. The number of pyridine rings is 1. The molecule has 8 nitrogen and oxygen atoms in total. The highest BCUT2D eigenvalue weighted by atomic mass is 35.5. The SMILES string of the molecule is CCOc1ccc(S(=O)(=O)N2CCOCC2)cc1NC(=O)c1cccnc1Cl. The zero-order chi connectivity index (χ0) is 20.1. The number of amides is 1. The van der Waals surface area contributed by atoms with Crippen LogP contribution in [0.15, 0.2) is 41.4 Å². The van der Waals surface area contributed by atoms with Crippen molar-refractivity contribution in [2.45, 2.75) is 11.8 Å². The van der Waals surface area contributed by atoms with E-state index in [0.29, 0.717) is 25.6 Å². The Morgan fingerprint density at radius 3 is 2.75 bits per heavy atom. The Bertz CT molecular complexity index is 961. The van der Waals surface area contributed by atoms with Crippen LogP contribution in [0.5, 0.6) is 5.75 Å². The molecule has 0 bridgehead atoms. The van der Waals surface area contributed by atoms with E-state index in [2.05, 4.69) is 10.3 Å². The summed E-state index contributed by atoms with van der Waals surface area (Å²) in [5, 5.41) is 2.72. The Balaban J connectivity index is 1.93. The minimum Gasteiger partial charge on any atom is -0.492 e. The highest BCUT2D eigenvalue weighted by molar-refractivity contribution is 7.89. The summed E-state index contributed by atoms with van der Waals surface area (Å²) in [5.41, 5.74) is 0.411. The van der Waals surface area contributed by atoms with E-state index in [9.17, 15) is 13.2 Å². The first-order chi connectivity index (χ1) is 13.4. The molecule has 0 unspecified atom stereocenters. The molecule has 0 spiro atoms. The number of halogens is 1. The van der Waals surface area contributed by atoms with Gasteiger partial charge in [0.05, 0.1) is 36.0 Å². The lowest BCUT2D eigenvalue weighted by Crippen LogP contribution is -2.40. The molecule has 1 aliphatic heterocycles. The maximum Gasteiger partial charge on any atom is 0.258 e. The lowest BCUT2D eigenvalue weighted by atomic mass is 10.2. The Kier molecular flexibility index (Phi) is 6.50. The summed E-state index contributed by atoms with van der Waals surface area (Å²) in [6.45, 7) is 3.40. The van der Waals surface area contributed by atoms with E-state index in [-0.39, 0.29) is 34.4 Å². The summed E-state index contributed by atoms with van der Waals surface area (Å²) in [7, 11) is -3.72. The van der Waals surface area contributed by atoms with Gasteiger partial charge in [-0.05, 0) is 37.3 Å². The van der Waals surface area contributed by atoms with E-state index < -0.39 is 15.9 Å². The topological polar surface area (TPSA) is 97.8 Å². The monoisotopic (exact) mass is 425 g/mol. The summed E-state index contributed by atoms with van der Waals surface area (Å²) in [5.74, 6) is -0.156. The Labute approximate surface area is 168 Å². The molecular weight excluding hydrogens is 406 g/mol. The zero-order valence-corrected chi connectivity index (χ0v) is 16.8. The number of rotatable bonds is 6. The molecule has 150 valence electrons. The fourth-order valence-corrected chi connectivity index (χ4v) is 4.37. The number of sulfonamides is 1. The van der Waals surface area contributed by atoms with Crippen molar-refractivity contribution in [3.05, 3.63) is 47.2 Å². The van der Waals surface area contributed by atoms with Crippen LogP contribution < -0.4 is 10.1 Å². The number of benzene rings is 1. The van der Waals surface area contributed by atoms with Gasteiger partial charge in [-0.1, -0.05) is 11.6 Å². The minimum atomic E-state index is -3.72. The van der Waals surface area contributed by atoms with Crippen molar-refractivity contribution in [1.82, 2.24) is 9.29 Å². The number of carbonyl (C=O) groups is 1. The average Bonchev–Trinajstić information content (AvgIpc) is 2.70. The molecule has 1 saturated heterocycles. The molecular formula is C18H20ClN3O5S. The summed E-state index contributed by atoms with van der Waals surface area (Å²) in [6.07, 6.45) is 1.47. The molecule has 1 amide bonds. The van der Waals surface area contributed by atoms with E-state index >= 15 is 0 Å². The molecule has 0 saturated carbocycles. The van der Waals surface area contributed by atoms with Crippen LogP contribution >= 0.6 is 11.6 Å². The fourth-order valence-electron chi connectivity index (χ4n) is 2.73. The second kappa shape index (κ2) is 8.87. The van der Waals surface area contributed by atoms with E-state index in [1.165, 1.54) is 34.8 Å². The number of nitrogens with zero attached hydrogens (tertiary/aromatic N) is 2. The molecule has 3 rings (SSSR count). The minimum absolute atomic E-state index is 0.0510. The van der Waals surface area contributed by atoms with E-state index in [1.807, 2.05) is 0 Å². The van der Waals surface area contributed by atoms with Crippen molar-refractivity contribution >= 4 is 33.2 Å². The highest BCUT2D eigenvalue weighted by Crippen LogP contribution is 2.30. The molecule has 1 fully saturated rings. The van der Waals surface area contributed by atoms with Crippen LogP contribution in [0.25, 0.3) is 0 Å². The number of aromatic nitrogens is 1. The summed E-state index contributed by atoms with van der Waals surface area (Å²) in [6, 6.07) is 7.49. The maximum absolute atomic E-state index is 12.9. The summed E-state index contributed by atoms with van der Waals surface area (Å²) < 4.78 is 37.9. The van der Waals surface area contributed by atoms with Crippen molar-refractivity contribution in [3.63, 3.8) is 0 Å². The van der Waals surface area contributed by atoms with Crippen molar-refractivity contribution < 1.29 is 22.7 Å². The molecule has 0 aliphatic carbocycles. The predicted molar refractivity (Wildman–Crippen MR) is 104 cm³/mol. The van der Waals surface area contributed by atoms with E-state index in [4.69, 9.17) is 21.1 Å². The Morgan fingerprint density at radius 2 is 2.07 bits per heavy atom. The average molecular weight is 426 g/mol. The number of anilines is 1. The first kappa shape index (κ1) is 20.5. The largest absolute Gasteiger partial charge is 0.492 e. The van der Waals surface area contributed by atoms with Gasteiger partial charge in [0.15, 0.2) is 0 Å². The molecule has 0 atom stereocenters. The van der Waals surface area contributed by atoms with E-state index in [0.717, 1.165) is 0 Å². The lowest BCUT2D eigenvalue weighted by Gasteiger charge is -2.26. The van der Waals surface area contributed by atoms with Crippen molar-refractivity contribution in [1.29, 1.82) is 0 Å². The van der Waals surface area contributed by atoms with Gasteiger partial charge in [-0.25, -0.2) is 13.4 Å². The zero-order valence-electron chi connectivity index (χ0n) is 15.2. The van der Waals surface area contributed by atoms with Crippen LogP contribution in [-0.4, -0.2) is 56.5 Å². The second-order valence-corrected chi connectivity index (χ2v) is 8.20. The number of carbonyl (C=O) groups excluding carboxylic acids is 1. The fraction of sp³-hybridized carbons (Fsp3) is 0.333. The van der Waals surface area contributed by atoms with Crippen molar-refractivity contribution in [3.8, 4) is 5.75 Å². The van der Waals surface area contributed by atoms with Gasteiger partial charge < -0.3 is 14.8 Å². The summed E-state index contributed by atoms with van der Waals surface area (Å²) in [4.78, 5) is 16.5. The molecule has 28 heavy (non-hydrogen) atoms. The van der Waals surface area contributed by atoms with Crippen LogP contribution in [0.3, 0.4) is 0 Å². The number of morpholine rings is 1. The predicted octanol–water partition coefficient (Wildman–Crippen LogP) is 2.41. The van der Waals surface area contributed by atoms with Gasteiger partial charge in [0.25, 0.3) is 5.91 Å². The molecule has 2 aromatic rings. The smallest absolute Gasteiger partial charge is 0.258 e. The standard InChI is InChI=1S/C18H20ClN3O5S/c1-2-27-16-6-5-13(28(24,25)22-8-10-26-11-9-22)12-15(16)21-18(23)14-4-3-7-20-17(14)19/h3-7,12H,2,8-11H2,1H3,(H,21,23). The Morgan fingerprint density at radius 1 is 1.32 bits per heavy atom. The molecule has 0 radical (unpaired) electrons. The maximum atomic E-state index is 12.9. The quantitative estimate of drug-likeness (QED) is 0.713. The third-order valence-electron chi connectivity index (χ3n) is 4.11. The molecule has 1 N–H and O–H groups in total. The van der Waals surface area contributed by atoms with Crippen LogP contribution in [0.4, 0.5) is 5.69 Å². The van der Waals surface area contributed by atoms with Crippen LogP contribution in [-0.2, 0) is 14.8 Å². The summed E-state index contributed by atoms with van der Waals surface area (Å²) >= 11 is 5.97. The third kappa shape index (κ3) is 4.44. The molecule has 10 heteroatoms. The van der Waals surface area contributed by atoms with Gasteiger partial charge in [-0.15, -0.1) is 0 Å². The molecule has 2 heterocycles.